The smallest absolute Gasteiger partial charge is 0.341 e. The number of nitrogens with zero attached hydrogens (tertiary/aromatic N) is 1. The van der Waals surface area contributed by atoms with Crippen LogP contribution in [0.25, 0.3) is 0 Å². The van der Waals surface area contributed by atoms with Crippen LogP contribution < -0.4 is 0 Å². The molecule has 0 saturated carbocycles. The summed E-state index contributed by atoms with van der Waals surface area (Å²) in [5, 5.41) is 18.4. The number of esters is 1. The number of aryl methyl sites for hydroxylation is 1. The average Bonchev–Trinajstić information content (AvgIpc) is 2.27. The van der Waals surface area contributed by atoms with E-state index in [4.69, 9.17) is 5.26 Å². The fourth-order valence-electron chi connectivity index (χ4n) is 1.30. The van der Waals surface area contributed by atoms with Gasteiger partial charge in [-0.2, -0.15) is 5.26 Å². The normalized spacial score (nSPS) is 9.40. The molecular formula is C11H11NO3. The first-order valence-corrected chi connectivity index (χ1v) is 4.48. The Balaban J connectivity index is 3.33. The van der Waals surface area contributed by atoms with Gasteiger partial charge in [-0.15, -0.1) is 0 Å². The van der Waals surface area contributed by atoms with Crippen molar-refractivity contribution in [2.45, 2.75) is 13.3 Å². The number of aromatic hydroxyl groups is 1. The Morgan fingerprint density at radius 2 is 2.27 bits per heavy atom. The van der Waals surface area contributed by atoms with Crippen molar-refractivity contribution >= 4 is 5.97 Å². The number of carbonyl (C=O) groups excluding carboxylic acids is 1. The van der Waals surface area contributed by atoms with Gasteiger partial charge in [-0.1, -0.05) is 6.92 Å². The second-order valence-electron chi connectivity index (χ2n) is 2.98. The molecule has 0 amide bonds. The second kappa shape index (κ2) is 4.47. The van der Waals surface area contributed by atoms with Crippen LogP contribution in [0.15, 0.2) is 12.1 Å². The molecule has 0 bridgehead atoms. The highest BCUT2D eigenvalue weighted by atomic mass is 16.5. The summed E-state index contributed by atoms with van der Waals surface area (Å²) in [4.78, 5) is 11.2. The second-order valence-corrected chi connectivity index (χ2v) is 2.98. The van der Waals surface area contributed by atoms with Gasteiger partial charge in [0.2, 0.25) is 0 Å². The maximum Gasteiger partial charge on any atom is 0.341 e. The molecule has 1 aromatic rings. The van der Waals surface area contributed by atoms with Crippen LogP contribution in [0.1, 0.15) is 28.4 Å². The number of rotatable bonds is 2. The summed E-state index contributed by atoms with van der Waals surface area (Å²) in [5.41, 5.74) is 1.12. The predicted octanol–water partition coefficient (Wildman–Crippen LogP) is 1.61. The molecule has 15 heavy (non-hydrogen) atoms. The minimum absolute atomic E-state index is 0.0197. The number of methoxy groups -OCH3 is 1. The first kappa shape index (κ1) is 11.1. The number of nitriles is 1. The molecule has 0 aromatic heterocycles. The summed E-state index contributed by atoms with van der Waals surface area (Å²) >= 11 is 0. The lowest BCUT2D eigenvalue weighted by atomic mass is 10.0. The summed E-state index contributed by atoms with van der Waals surface area (Å²) < 4.78 is 4.48. The molecule has 0 saturated heterocycles. The van der Waals surface area contributed by atoms with Gasteiger partial charge in [0.1, 0.15) is 11.3 Å². The monoisotopic (exact) mass is 205 g/mol. The molecule has 0 unspecified atom stereocenters. The maximum absolute atomic E-state index is 11.2. The molecule has 0 radical (unpaired) electrons. The van der Waals surface area contributed by atoms with Gasteiger partial charge in [0.25, 0.3) is 0 Å². The number of phenolic OH excluding ortho intramolecular Hbond substituents is 1. The van der Waals surface area contributed by atoms with Crippen molar-refractivity contribution in [3.05, 3.63) is 28.8 Å². The summed E-state index contributed by atoms with van der Waals surface area (Å²) in [7, 11) is 1.22. The molecule has 1 N–H and O–H groups in total. The van der Waals surface area contributed by atoms with Gasteiger partial charge in [-0.3, -0.25) is 0 Å². The summed E-state index contributed by atoms with van der Waals surface area (Å²) in [5.74, 6) is -0.802. The van der Waals surface area contributed by atoms with Gasteiger partial charge in [0, 0.05) is 0 Å². The van der Waals surface area contributed by atoms with Crippen LogP contribution in [0.4, 0.5) is 0 Å². The number of carbonyl (C=O) groups is 1. The van der Waals surface area contributed by atoms with Crippen LogP contribution in [-0.4, -0.2) is 18.2 Å². The standard InChI is InChI=1S/C11H11NO3/c1-3-7-5-10(13)9(11(14)15-2)4-8(7)6-12/h4-5,13H,3H2,1-2H3. The summed E-state index contributed by atoms with van der Waals surface area (Å²) in [6.45, 7) is 1.87. The zero-order chi connectivity index (χ0) is 11.4. The van der Waals surface area contributed by atoms with Crippen LogP contribution in [0.5, 0.6) is 5.75 Å². The van der Waals surface area contributed by atoms with E-state index in [-0.39, 0.29) is 11.3 Å². The molecule has 78 valence electrons. The molecule has 0 aliphatic carbocycles. The Morgan fingerprint density at radius 1 is 1.60 bits per heavy atom. The highest BCUT2D eigenvalue weighted by Gasteiger charge is 2.14. The van der Waals surface area contributed by atoms with Crippen molar-refractivity contribution in [3.8, 4) is 11.8 Å². The quantitative estimate of drug-likeness (QED) is 0.744. The lowest BCUT2D eigenvalue weighted by Crippen LogP contribution is -2.03. The van der Waals surface area contributed by atoms with E-state index in [0.29, 0.717) is 17.5 Å². The van der Waals surface area contributed by atoms with Gasteiger partial charge >= 0.3 is 5.97 Å². The SMILES string of the molecule is CCc1cc(O)c(C(=O)OC)cc1C#N. The van der Waals surface area contributed by atoms with Crippen molar-refractivity contribution < 1.29 is 14.6 Å². The first-order chi connectivity index (χ1) is 7.13. The third kappa shape index (κ3) is 2.08. The topological polar surface area (TPSA) is 70.3 Å². The minimum atomic E-state index is -0.647. The Labute approximate surface area is 87.7 Å². The lowest BCUT2D eigenvalue weighted by molar-refractivity contribution is 0.0597. The largest absolute Gasteiger partial charge is 0.507 e. The van der Waals surface area contributed by atoms with E-state index in [0.717, 1.165) is 0 Å². The van der Waals surface area contributed by atoms with Crippen molar-refractivity contribution in [1.29, 1.82) is 5.26 Å². The first-order valence-electron chi connectivity index (χ1n) is 4.48. The third-order valence-electron chi connectivity index (χ3n) is 2.13. The van der Waals surface area contributed by atoms with Crippen LogP contribution in [0.2, 0.25) is 0 Å². The lowest BCUT2D eigenvalue weighted by Gasteiger charge is -2.06. The molecule has 4 heteroatoms. The third-order valence-corrected chi connectivity index (χ3v) is 2.13. The maximum atomic E-state index is 11.2. The molecule has 1 aromatic carbocycles. The number of hydrogen-bond donors (Lipinski definition) is 1. The van der Waals surface area contributed by atoms with E-state index in [1.165, 1.54) is 19.2 Å². The van der Waals surface area contributed by atoms with E-state index in [1.807, 2.05) is 13.0 Å². The number of benzene rings is 1. The molecule has 0 spiro atoms. The van der Waals surface area contributed by atoms with Gasteiger partial charge in [-0.05, 0) is 24.1 Å². The van der Waals surface area contributed by atoms with Crippen LogP contribution in [0, 0.1) is 11.3 Å². The van der Waals surface area contributed by atoms with Crippen LogP contribution in [0.3, 0.4) is 0 Å². The number of phenols is 1. The minimum Gasteiger partial charge on any atom is -0.507 e. The fraction of sp³-hybridized carbons (Fsp3) is 0.273. The Kier molecular flexibility index (Phi) is 3.29. The zero-order valence-electron chi connectivity index (χ0n) is 8.57. The zero-order valence-corrected chi connectivity index (χ0v) is 8.57. The highest BCUT2D eigenvalue weighted by Crippen LogP contribution is 2.23. The fourth-order valence-corrected chi connectivity index (χ4v) is 1.30. The van der Waals surface area contributed by atoms with Crippen molar-refractivity contribution in [2.24, 2.45) is 0 Å². The van der Waals surface area contributed by atoms with Crippen molar-refractivity contribution in [2.75, 3.05) is 7.11 Å². The van der Waals surface area contributed by atoms with Crippen LogP contribution in [-0.2, 0) is 11.2 Å². The van der Waals surface area contributed by atoms with Gasteiger partial charge in [0.05, 0.1) is 18.7 Å². The summed E-state index contributed by atoms with van der Waals surface area (Å²) in [6.07, 6.45) is 0.623. The van der Waals surface area contributed by atoms with Gasteiger partial charge in [0.15, 0.2) is 0 Å². The molecule has 1 rings (SSSR count). The van der Waals surface area contributed by atoms with E-state index < -0.39 is 5.97 Å². The molecule has 0 fully saturated rings. The van der Waals surface area contributed by atoms with Crippen molar-refractivity contribution in [3.63, 3.8) is 0 Å². The molecule has 4 nitrogen and oxygen atoms in total. The molecule has 0 heterocycles. The predicted molar refractivity (Wildman–Crippen MR) is 53.5 cm³/mol. The average molecular weight is 205 g/mol. The Hall–Kier alpha value is -2.02. The van der Waals surface area contributed by atoms with Gasteiger partial charge in [-0.25, -0.2) is 4.79 Å². The van der Waals surface area contributed by atoms with E-state index in [9.17, 15) is 9.90 Å². The van der Waals surface area contributed by atoms with Crippen LogP contribution >= 0.6 is 0 Å². The van der Waals surface area contributed by atoms with Crippen molar-refractivity contribution in [1.82, 2.24) is 0 Å². The number of hydrogen-bond acceptors (Lipinski definition) is 4. The molecular weight excluding hydrogens is 194 g/mol. The van der Waals surface area contributed by atoms with E-state index >= 15 is 0 Å². The molecule has 0 aliphatic rings. The van der Waals surface area contributed by atoms with Gasteiger partial charge < -0.3 is 9.84 Å². The Morgan fingerprint density at radius 3 is 2.73 bits per heavy atom. The molecule has 0 atom stereocenters. The highest BCUT2D eigenvalue weighted by molar-refractivity contribution is 5.93. The number of ether oxygens (including phenoxy) is 1. The Bertz CT molecular complexity index is 432. The van der Waals surface area contributed by atoms with E-state index in [2.05, 4.69) is 4.74 Å². The molecule has 0 aliphatic heterocycles. The van der Waals surface area contributed by atoms with E-state index in [1.54, 1.807) is 0 Å². The summed E-state index contributed by atoms with van der Waals surface area (Å²) in [6, 6.07) is 4.74.